The van der Waals surface area contributed by atoms with Crippen LogP contribution in [0.25, 0.3) is 0 Å². The predicted octanol–water partition coefficient (Wildman–Crippen LogP) is 3.05. The molecule has 1 aliphatic heterocycles. The van der Waals surface area contributed by atoms with Crippen LogP contribution in [-0.4, -0.2) is 25.9 Å². The minimum Gasteiger partial charge on any atom is -0.490 e. The van der Waals surface area contributed by atoms with Crippen molar-refractivity contribution in [1.82, 2.24) is 5.32 Å². The van der Waals surface area contributed by atoms with Crippen LogP contribution in [0.2, 0.25) is 0 Å². The summed E-state index contributed by atoms with van der Waals surface area (Å²) in [4.78, 5) is 0. The van der Waals surface area contributed by atoms with Gasteiger partial charge in [0.2, 0.25) is 0 Å². The monoisotopic (exact) mass is 263 g/mol. The highest BCUT2D eigenvalue weighted by atomic mass is 16.5. The summed E-state index contributed by atoms with van der Waals surface area (Å²) < 4.78 is 11.6. The third kappa shape index (κ3) is 4.22. The van der Waals surface area contributed by atoms with E-state index in [0.717, 1.165) is 51.3 Å². The van der Waals surface area contributed by atoms with Crippen LogP contribution >= 0.6 is 0 Å². The zero-order valence-corrected chi connectivity index (χ0v) is 12.1. The van der Waals surface area contributed by atoms with Crippen molar-refractivity contribution >= 4 is 0 Å². The Kier molecular flexibility index (Phi) is 5.67. The summed E-state index contributed by atoms with van der Waals surface area (Å²) in [6.45, 7) is 7.87. The van der Waals surface area contributed by atoms with Crippen LogP contribution in [0.4, 0.5) is 0 Å². The lowest BCUT2D eigenvalue weighted by molar-refractivity contribution is 0.0249. The molecule has 1 N–H and O–H groups in total. The van der Waals surface area contributed by atoms with Crippen molar-refractivity contribution in [3.8, 4) is 5.75 Å². The zero-order valence-electron chi connectivity index (χ0n) is 12.1. The van der Waals surface area contributed by atoms with Crippen LogP contribution in [0.5, 0.6) is 5.75 Å². The van der Waals surface area contributed by atoms with Crippen LogP contribution in [0.1, 0.15) is 37.3 Å². The molecule has 0 unspecified atom stereocenters. The highest BCUT2D eigenvalue weighted by Gasteiger charge is 2.17. The first-order valence-corrected chi connectivity index (χ1v) is 7.35. The Labute approximate surface area is 116 Å². The Hall–Kier alpha value is -1.06. The maximum Gasteiger partial charge on any atom is 0.127 e. The number of rotatable bonds is 6. The van der Waals surface area contributed by atoms with Crippen molar-refractivity contribution in [2.45, 2.75) is 45.8 Å². The lowest BCUT2D eigenvalue weighted by Gasteiger charge is -2.25. The van der Waals surface area contributed by atoms with Crippen LogP contribution in [0.15, 0.2) is 18.2 Å². The molecule has 0 amide bonds. The number of nitrogens with one attached hydrogen (secondary N) is 1. The van der Waals surface area contributed by atoms with Crippen LogP contribution in [0, 0.1) is 6.92 Å². The Balaban J connectivity index is 2.03. The Morgan fingerprint density at radius 2 is 2.11 bits per heavy atom. The summed E-state index contributed by atoms with van der Waals surface area (Å²) in [6.07, 6.45) is 3.45. The summed E-state index contributed by atoms with van der Waals surface area (Å²) in [7, 11) is 0. The maximum atomic E-state index is 6.23. The largest absolute Gasteiger partial charge is 0.490 e. The van der Waals surface area contributed by atoms with Gasteiger partial charge in [0, 0.05) is 24.9 Å². The van der Waals surface area contributed by atoms with Gasteiger partial charge in [-0.05, 0) is 25.5 Å². The standard InChI is InChI=1S/C16H25NO2/c1-3-9-17-12-14-6-4-5-13(2)16(14)19-15-7-10-18-11-8-15/h4-6,15,17H,3,7-12H2,1-2H3. The third-order valence-electron chi connectivity index (χ3n) is 3.49. The van der Waals surface area contributed by atoms with E-state index >= 15 is 0 Å². The van der Waals surface area contributed by atoms with E-state index in [1.165, 1.54) is 11.1 Å². The highest BCUT2D eigenvalue weighted by molar-refractivity contribution is 5.40. The number of para-hydroxylation sites is 1. The quantitative estimate of drug-likeness (QED) is 0.800. The van der Waals surface area contributed by atoms with Gasteiger partial charge in [0.05, 0.1) is 13.2 Å². The van der Waals surface area contributed by atoms with Gasteiger partial charge in [-0.3, -0.25) is 0 Å². The van der Waals surface area contributed by atoms with Gasteiger partial charge >= 0.3 is 0 Å². The minimum atomic E-state index is 0.305. The third-order valence-corrected chi connectivity index (χ3v) is 3.49. The average Bonchev–Trinajstić information content (AvgIpc) is 2.44. The molecule has 0 radical (unpaired) electrons. The molecule has 1 saturated heterocycles. The summed E-state index contributed by atoms with van der Waals surface area (Å²) in [6, 6.07) is 6.39. The maximum absolute atomic E-state index is 6.23. The molecule has 2 rings (SSSR count). The van der Waals surface area contributed by atoms with E-state index in [9.17, 15) is 0 Å². The highest BCUT2D eigenvalue weighted by Crippen LogP contribution is 2.26. The van der Waals surface area contributed by atoms with E-state index in [4.69, 9.17) is 9.47 Å². The first-order valence-electron chi connectivity index (χ1n) is 7.35. The lowest BCUT2D eigenvalue weighted by atomic mass is 10.1. The number of aryl methyl sites for hydroxylation is 1. The minimum absolute atomic E-state index is 0.305. The van der Waals surface area contributed by atoms with Gasteiger partial charge in [0.15, 0.2) is 0 Å². The Morgan fingerprint density at radius 3 is 2.84 bits per heavy atom. The summed E-state index contributed by atoms with van der Waals surface area (Å²) in [5.41, 5.74) is 2.49. The van der Waals surface area contributed by atoms with Crippen molar-refractivity contribution in [2.24, 2.45) is 0 Å². The summed E-state index contributed by atoms with van der Waals surface area (Å²) >= 11 is 0. The van der Waals surface area contributed by atoms with Crippen molar-refractivity contribution < 1.29 is 9.47 Å². The second-order valence-corrected chi connectivity index (χ2v) is 5.17. The molecule has 1 heterocycles. The van der Waals surface area contributed by atoms with Crippen molar-refractivity contribution in [1.29, 1.82) is 0 Å². The molecular formula is C16H25NO2. The SMILES string of the molecule is CCCNCc1cccc(C)c1OC1CCOCC1. The Morgan fingerprint density at radius 1 is 1.32 bits per heavy atom. The van der Waals surface area contributed by atoms with E-state index in [1.807, 2.05) is 0 Å². The smallest absolute Gasteiger partial charge is 0.127 e. The van der Waals surface area contributed by atoms with Gasteiger partial charge in [0.1, 0.15) is 11.9 Å². The molecule has 106 valence electrons. The topological polar surface area (TPSA) is 30.5 Å². The van der Waals surface area contributed by atoms with Gasteiger partial charge in [0.25, 0.3) is 0 Å². The Bertz CT molecular complexity index is 386. The molecule has 0 bridgehead atoms. The molecule has 0 saturated carbocycles. The molecule has 3 heteroatoms. The van der Waals surface area contributed by atoms with Crippen LogP contribution < -0.4 is 10.1 Å². The van der Waals surface area contributed by atoms with E-state index in [0.29, 0.717) is 6.10 Å². The lowest BCUT2D eigenvalue weighted by Crippen LogP contribution is -2.27. The first kappa shape index (κ1) is 14.4. The zero-order chi connectivity index (χ0) is 13.5. The van der Waals surface area contributed by atoms with Gasteiger partial charge in [-0.25, -0.2) is 0 Å². The van der Waals surface area contributed by atoms with E-state index in [2.05, 4.69) is 37.4 Å². The first-order chi connectivity index (χ1) is 9.31. The molecule has 19 heavy (non-hydrogen) atoms. The van der Waals surface area contributed by atoms with E-state index < -0.39 is 0 Å². The molecule has 1 fully saturated rings. The molecule has 1 aromatic rings. The number of hydrogen-bond donors (Lipinski definition) is 1. The molecule has 0 spiro atoms. The molecule has 1 aliphatic rings. The predicted molar refractivity (Wildman–Crippen MR) is 77.6 cm³/mol. The summed E-state index contributed by atoms with van der Waals surface area (Å²) in [5.74, 6) is 1.07. The number of hydrogen-bond acceptors (Lipinski definition) is 3. The van der Waals surface area contributed by atoms with Gasteiger partial charge in [-0.1, -0.05) is 25.1 Å². The van der Waals surface area contributed by atoms with Gasteiger partial charge in [-0.15, -0.1) is 0 Å². The molecule has 0 atom stereocenters. The van der Waals surface area contributed by atoms with Crippen LogP contribution in [0.3, 0.4) is 0 Å². The van der Waals surface area contributed by atoms with E-state index in [1.54, 1.807) is 0 Å². The van der Waals surface area contributed by atoms with Crippen molar-refractivity contribution in [2.75, 3.05) is 19.8 Å². The summed E-state index contributed by atoms with van der Waals surface area (Å²) in [5, 5.41) is 3.45. The number of benzene rings is 1. The fourth-order valence-electron chi connectivity index (χ4n) is 2.38. The average molecular weight is 263 g/mol. The van der Waals surface area contributed by atoms with Gasteiger partial charge < -0.3 is 14.8 Å². The van der Waals surface area contributed by atoms with Crippen molar-refractivity contribution in [3.05, 3.63) is 29.3 Å². The fourth-order valence-corrected chi connectivity index (χ4v) is 2.38. The van der Waals surface area contributed by atoms with Gasteiger partial charge in [-0.2, -0.15) is 0 Å². The van der Waals surface area contributed by atoms with Crippen molar-refractivity contribution in [3.63, 3.8) is 0 Å². The molecule has 3 nitrogen and oxygen atoms in total. The number of ether oxygens (including phenoxy) is 2. The van der Waals surface area contributed by atoms with Crippen LogP contribution in [-0.2, 0) is 11.3 Å². The normalized spacial score (nSPS) is 16.5. The molecule has 0 aromatic heterocycles. The second kappa shape index (κ2) is 7.51. The molecule has 0 aliphatic carbocycles. The second-order valence-electron chi connectivity index (χ2n) is 5.17. The fraction of sp³-hybridized carbons (Fsp3) is 0.625. The molecular weight excluding hydrogens is 238 g/mol. The molecule has 1 aromatic carbocycles. The van der Waals surface area contributed by atoms with E-state index in [-0.39, 0.29) is 0 Å².